The molecule has 2 heterocycles. The molecule has 0 unspecified atom stereocenters. The highest BCUT2D eigenvalue weighted by molar-refractivity contribution is 5.98. The van der Waals surface area contributed by atoms with Gasteiger partial charge < -0.3 is 20.3 Å². The Labute approximate surface area is 263 Å². The number of piperidine rings is 1. The van der Waals surface area contributed by atoms with E-state index in [9.17, 15) is 19.2 Å². The fourth-order valence-corrected chi connectivity index (χ4v) is 5.58. The van der Waals surface area contributed by atoms with Crippen molar-refractivity contribution in [1.82, 2.24) is 20.1 Å². The summed E-state index contributed by atoms with van der Waals surface area (Å²) in [6, 6.07) is 24.5. The summed E-state index contributed by atoms with van der Waals surface area (Å²) in [6.07, 6.45) is 2.61. The van der Waals surface area contributed by atoms with E-state index in [0.717, 1.165) is 49.2 Å². The fourth-order valence-electron chi connectivity index (χ4n) is 5.58. The molecule has 3 aromatic rings. The maximum atomic E-state index is 13.6. The summed E-state index contributed by atoms with van der Waals surface area (Å²) in [7, 11) is 1.65. The first-order valence-electron chi connectivity index (χ1n) is 15.4. The van der Waals surface area contributed by atoms with Crippen molar-refractivity contribution in [2.45, 2.75) is 19.3 Å². The number of hydrogen-bond donors (Lipinski definition) is 2. The molecular weight excluding hydrogens is 572 g/mol. The molecule has 2 fully saturated rings. The monoisotopic (exact) mass is 612 g/mol. The van der Waals surface area contributed by atoms with Crippen molar-refractivity contribution in [2.24, 2.45) is 0 Å². The van der Waals surface area contributed by atoms with Crippen molar-refractivity contribution in [2.75, 3.05) is 69.8 Å². The molecule has 2 N–H and O–H groups in total. The Kier molecular flexibility index (Phi) is 10.8. The van der Waals surface area contributed by atoms with E-state index >= 15 is 0 Å². The molecule has 0 aliphatic carbocycles. The molecule has 0 bridgehead atoms. The maximum Gasteiger partial charge on any atom is 0.429 e. The van der Waals surface area contributed by atoms with Gasteiger partial charge in [-0.25, -0.2) is 14.8 Å². The number of ether oxygens (including phenoxy) is 1. The number of carbonyl (C=O) groups excluding carboxylic acids is 4. The number of nitrogens with one attached hydrogen (secondary N) is 2. The second-order valence-corrected chi connectivity index (χ2v) is 11.2. The highest BCUT2D eigenvalue weighted by Crippen LogP contribution is 2.33. The van der Waals surface area contributed by atoms with Crippen LogP contribution in [0.15, 0.2) is 78.9 Å². The quantitative estimate of drug-likeness (QED) is 0.358. The zero-order valence-corrected chi connectivity index (χ0v) is 25.6. The van der Waals surface area contributed by atoms with Gasteiger partial charge in [0.15, 0.2) is 0 Å². The van der Waals surface area contributed by atoms with Crippen LogP contribution in [-0.4, -0.2) is 98.1 Å². The van der Waals surface area contributed by atoms with Gasteiger partial charge in [0.2, 0.25) is 11.8 Å². The molecular formula is C34H40N6O5. The van der Waals surface area contributed by atoms with E-state index in [-0.39, 0.29) is 44.0 Å². The van der Waals surface area contributed by atoms with Crippen LogP contribution in [0.3, 0.4) is 0 Å². The summed E-state index contributed by atoms with van der Waals surface area (Å²) >= 11 is 0. The van der Waals surface area contributed by atoms with Crippen molar-refractivity contribution in [3.63, 3.8) is 0 Å². The molecule has 3 aromatic carbocycles. The number of benzene rings is 3. The minimum absolute atomic E-state index is 0.0127. The summed E-state index contributed by atoms with van der Waals surface area (Å²) in [5.74, 6) is -0.634. The molecule has 5 rings (SSSR count). The first kappa shape index (κ1) is 31.7. The number of hydrazine groups is 1. The van der Waals surface area contributed by atoms with Crippen LogP contribution in [0.4, 0.5) is 16.2 Å². The fraction of sp³-hybridized carbons (Fsp3) is 0.353. The Morgan fingerprint density at radius 2 is 1.67 bits per heavy atom. The zero-order valence-electron chi connectivity index (χ0n) is 25.6. The summed E-state index contributed by atoms with van der Waals surface area (Å²) in [4.78, 5) is 54.3. The van der Waals surface area contributed by atoms with Crippen molar-refractivity contribution < 1.29 is 23.9 Å². The third kappa shape index (κ3) is 8.46. The van der Waals surface area contributed by atoms with Crippen molar-refractivity contribution >= 4 is 35.2 Å². The number of anilines is 2. The molecule has 11 heteroatoms. The van der Waals surface area contributed by atoms with Crippen LogP contribution in [0.2, 0.25) is 0 Å². The van der Waals surface area contributed by atoms with E-state index in [1.807, 2.05) is 59.6 Å². The van der Waals surface area contributed by atoms with Crippen LogP contribution < -0.4 is 15.6 Å². The predicted octanol–water partition coefficient (Wildman–Crippen LogP) is 3.84. The van der Waals surface area contributed by atoms with Crippen molar-refractivity contribution in [3.05, 3.63) is 84.4 Å². The van der Waals surface area contributed by atoms with E-state index in [1.165, 1.54) is 4.90 Å². The molecule has 0 spiro atoms. The normalized spacial score (nSPS) is 15.5. The third-order valence-electron chi connectivity index (χ3n) is 7.88. The van der Waals surface area contributed by atoms with E-state index in [4.69, 9.17) is 4.74 Å². The van der Waals surface area contributed by atoms with Crippen LogP contribution in [0.1, 0.15) is 29.6 Å². The minimum Gasteiger partial charge on any atom is -0.446 e. The average Bonchev–Trinajstić information content (AvgIpc) is 3.06. The topological polar surface area (TPSA) is 115 Å². The van der Waals surface area contributed by atoms with Gasteiger partial charge in [0.25, 0.3) is 5.91 Å². The summed E-state index contributed by atoms with van der Waals surface area (Å²) in [5, 5.41) is 9.23. The molecule has 2 aliphatic rings. The number of para-hydroxylation sites is 1. The predicted molar refractivity (Wildman–Crippen MR) is 173 cm³/mol. The Hall–Kier alpha value is -4.74. The molecule has 11 nitrogen and oxygen atoms in total. The number of likely N-dealkylation sites (N-methyl/N-ethyl adjacent to an activating group) is 1. The van der Waals surface area contributed by atoms with Crippen LogP contribution in [0, 0.1) is 0 Å². The number of rotatable bonds is 10. The van der Waals surface area contributed by atoms with Gasteiger partial charge in [0, 0.05) is 50.0 Å². The van der Waals surface area contributed by atoms with Gasteiger partial charge >= 0.3 is 6.09 Å². The highest BCUT2D eigenvalue weighted by Gasteiger charge is 2.28. The molecule has 0 atom stereocenters. The average molecular weight is 613 g/mol. The Morgan fingerprint density at radius 3 is 2.44 bits per heavy atom. The van der Waals surface area contributed by atoms with Crippen molar-refractivity contribution in [3.8, 4) is 11.1 Å². The van der Waals surface area contributed by atoms with Gasteiger partial charge in [-0.3, -0.25) is 19.3 Å². The summed E-state index contributed by atoms with van der Waals surface area (Å²) < 4.78 is 5.78. The van der Waals surface area contributed by atoms with E-state index < -0.39 is 6.09 Å². The molecule has 236 valence electrons. The number of nitrogens with zero attached hydrogens (tertiary/aromatic N) is 4. The first-order valence-corrected chi connectivity index (χ1v) is 15.4. The van der Waals surface area contributed by atoms with Crippen LogP contribution in [0.25, 0.3) is 11.1 Å². The lowest BCUT2D eigenvalue weighted by molar-refractivity contribution is -0.125. The standard InChI is InChI=1S/C34H40N6O5/c1-37(33(43)27-13-10-14-28(23-27)36-32(42)25-38-20-17-35-31(41)24-38)21-22-45-34(44)40(39-18-8-3-9-19-39)30-16-7-6-15-29(30)26-11-4-2-5-12-26/h2,4-7,10-16,23H,3,8-9,17-22,24-25H2,1H3,(H,35,41)(H,36,42). The molecule has 0 saturated carbocycles. The van der Waals surface area contributed by atoms with Gasteiger partial charge in [-0.1, -0.05) is 61.0 Å². The van der Waals surface area contributed by atoms with Crippen LogP contribution >= 0.6 is 0 Å². The number of hydrogen-bond acceptors (Lipinski definition) is 7. The van der Waals surface area contributed by atoms with Gasteiger partial charge in [0.05, 0.1) is 25.3 Å². The minimum atomic E-state index is -0.489. The Morgan fingerprint density at radius 1 is 0.911 bits per heavy atom. The lowest BCUT2D eigenvalue weighted by Gasteiger charge is -2.37. The summed E-state index contributed by atoms with van der Waals surface area (Å²) in [6.45, 7) is 3.06. The number of carbonyl (C=O) groups is 4. The lowest BCUT2D eigenvalue weighted by Crippen LogP contribution is -2.50. The molecule has 2 saturated heterocycles. The smallest absolute Gasteiger partial charge is 0.429 e. The lowest BCUT2D eigenvalue weighted by atomic mass is 10.0. The zero-order chi connectivity index (χ0) is 31.6. The van der Waals surface area contributed by atoms with E-state index in [0.29, 0.717) is 24.3 Å². The Bertz CT molecular complexity index is 1490. The molecule has 4 amide bonds. The summed E-state index contributed by atoms with van der Waals surface area (Å²) in [5.41, 5.74) is 3.57. The van der Waals surface area contributed by atoms with Crippen LogP contribution in [-0.2, 0) is 14.3 Å². The molecule has 0 radical (unpaired) electrons. The number of piperazine rings is 1. The SMILES string of the molecule is CN(CCOC(=O)N(c1ccccc1-c1ccccc1)N1CCCCC1)C(=O)c1cccc(NC(=O)CN2CCNC(=O)C2)c1. The van der Waals surface area contributed by atoms with Gasteiger partial charge in [-0.15, -0.1) is 0 Å². The maximum absolute atomic E-state index is 13.6. The highest BCUT2D eigenvalue weighted by atomic mass is 16.6. The van der Waals surface area contributed by atoms with E-state index in [1.54, 1.807) is 41.2 Å². The third-order valence-corrected chi connectivity index (χ3v) is 7.88. The molecule has 2 aliphatic heterocycles. The number of amides is 4. The second kappa shape index (κ2) is 15.3. The molecule has 45 heavy (non-hydrogen) atoms. The van der Waals surface area contributed by atoms with Crippen LogP contribution in [0.5, 0.6) is 0 Å². The first-order chi connectivity index (χ1) is 21.9. The van der Waals surface area contributed by atoms with E-state index in [2.05, 4.69) is 10.6 Å². The van der Waals surface area contributed by atoms with Gasteiger partial charge in [-0.2, -0.15) is 0 Å². The van der Waals surface area contributed by atoms with Gasteiger partial charge in [0.1, 0.15) is 6.61 Å². The van der Waals surface area contributed by atoms with Gasteiger partial charge in [-0.05, 0) is 42.7 Å². The second-order valence-electron chi connectivity index (χ2n) is 11.2. The largest absolute Gasteiger partial charge is 0.446 e. The molecule has 0 aromatic heterocycles. The van der Waals surface area contributed by atoms with Crippen molar-refractivity contribution in [1.29, 1.82) is 0 Å². The Balaban J connectivity index is 1.20.